The van der Waals surface area contributed by atoms with Crippen LogP contribution < -0.4 is 20.9 Å². The van der Waals surface area contributed by atoms with Gasteiger partial charge in [-0.05, 0) is 24.3 Å². The summed E-state index contributed by atoms with van der Waals surface area (Å²) in [6.45, 7) is 0. The topological polar surface area (TPSA) is 96.3 Å². The Morgan fingerprint density at radius 2 is 1.65 bits per heavy atom. The molecule has 0 atom stereocenters. The molecule has 0 amide bonds. The van der Waals surface area contributed by atoms with Crippen LogP contribution in [-0.2, 0) is 0 Å². The van der Waals surface area contributed by atoms with Crippen LogP contribution in [0.15, 0.2) is 30.3 Å². The number of ether oxygens (including phenoxy) is 2. The minimum absolute atomic E-state index is 0.0773. The van der Waals surface area contributed by atoms with Gasteiger partial charge in [-0.2, -0.15) is 9.97 Å². The van der Waals surface area contributed by atoms with Crippen molar-refractivity contribution in [1.82, 2.24) is 9.97 Å². The van der Waals surface area contributed by atoms with E-state index in [0.717, 1.165) is 5.75 Å². The summed E-state index contributed by atoms with van der Waals surface area (Å²) in [5, 5.41) is 0. The van der Waals surface area contributed by atoms with Crippen LogP contribution in [0.3, 0.4) is 0 Å². The fraction of sp³-hybridized carbons (Fsp3) is 0.0909. The van der Waals surface area contributed by atoms with Gasteiger partial charge in [0.25, 0.3) is 0 Å². The number of nitrogens with zero attached hydrogens (tertiary/aromatic N) is 2. The first-order valence-corrected chi connectivity index (χ1v) is 4.89. The third-order valence-corrected chi connectivity index (χ3v) is 2.02. The van der Waals surface area contributed by atoms with E-state index in [4.69, 9.17) is 20.9 Å². The van der Waals surface area contributed by atoms with Gasteiger partial charge in [0, 0.05) is 6.07 Å². The number of nitrogens with two attached hydrogens (primary N) is 2. The van der Waals surface area contributed by atoms with E-state index < -0.39 is 0 Å². The molecule has 6 heteroatoms. The molecule has 0 radical (unpaired) electrons. The summed E-state index contributed by atoms with van der Waals surface area (Å²) in [5.74, 6) is 2.01. The Morgan fingerprint density at radius 1 is 1.00 bits per heavy atom. The number of aromatic nitrogens is 2. The van der Waals surface area contributed by atoms with Crippen LogP contribution in [0.25, 0.3) is 0 Å². The molecule has 2 aromatic rings. The molecule has 4 N–H and O–H groups in total. The molecule has 1 aromatic heterocycles. The molecule has 6 nitrogen and oxygen atoms in total. The minimum Gasteiger partial charge on any atom is -0.497 e. The third-order valence-electron chi connectivity index (χ3n) is 2.02. The van der Waals surface area contributed by atoms with Gasteiger partial charge in [0.05, 0.1) is 7.11 Å². The number of hydrogen-bond acceptors (Lipinski definition) is 6. The van der Waals surface area contributed by atoms with E-state index in [9.17, 15) is 0 Å². The minimum atomic E-state index is 0.0773. The van der Waals surface area contributed by atoms with Crippen molar-refractivity contribution in [3.8, 4) is 17.4 Å². The molecule has 0 aliphatic carbocycles. The molecular formula is C11H12N4O2. The van der Waals surface area contributed by atoms with Gasteiger partial charge in [-0.3, -0.25) is 0 Å². The Kier molecular flexibility index (Phi) is 2.95. The van der Waals surface area contributed by atoms with Gasteiger partial charge >= 0.3 is 0 Å². The molecule has 0 bridgehead atoms. The Morgan fingerprint density at radius 3 is 2.24 bits per heavy atom. The molecule has 0 saturated heterocycles. The van der Waals surface area contributed by atoms with Gasteiger partial charge < -0.3 is 20.9 Å². The number of nitrogen functional groups attached to an aromatic ring is 2. The molecule has 2 rings (SSSR count). The maximum absolute atomic E-state index is 5.53. The molecule has 0 aliphatic heterocycles. The van der Waals surface area contributed by atoms with Crippen molar-refractivity contribution in [1.29, 1.82) is 0 Å². The lowest BCUT2D eigenvalue weighted by molar-refractivity contribution is 0.412. The second-order valence-electron chi connectivity index (χ2n) is 3.27. The van der Waals surface area contributed by atoms with Crippen molar-refractivity contribution < 1.29 is 9.47 Å². The van der Waals surface area contributed by atoms with E-state index >= 15 is 0 Å². The standard InChI is InChI=1S/C11H12N4O2/c1-16-7-2-4-8(5-3-7)17-10-6-9(12)14-11(13)15-10/h2-6H,1H3,(H4,12,13,14,15). The third kappa shape index (κ3) is 2.75. The summed E-state index contributed by atoms with van der Waals surface area (Å²) in [6.07, 6.45) is 0. The second kappa shape index (κ2) is 4.56. The van der Waals surface area contributed by atoms with Gasteiger partial charge in [-0.1, -0.05) is 0 Å². The molecule has 1 aromatic carbocycles. The van der Waals surface area contributed by atoms with E-state index in [0.29, 0.717) is 11.6 Å². The summed E-state index contributed by atoms with van der Waals surface area (Å²) in [6, 6.07) is 8.58. The van der Waals surface area contributed by atoms with Crippen molar-refractivity contribution >= 4 is 11.8 Å². The van der Waals surface area contributed by atoms with Gasteiger partial charge in [0.1, 0.15) is 17.3 Å². The monoisotopic (exact) mass is 232 g/mol. The van der Waals surface area contributed by atoms with Crippen molar-refractivity contribution in [3.63, 3.8) is 0 Å². The SMILES string of the molecule is COc1ccc(Oc2cc(N)nc(N)n2)cc1. The highest BCUT2D eigenvalue weighted by Gasteiger charge is 2.02. The quantitative estimate of drug-likeness (QED) is 0.831. The van der Waals surface area contributed by atoms with E-state index in [2.05, 4.69) is 9.97 Å². The highest BCUT2D eigenvalue weighted by atomic mass is 16.5. The van der Waals surface area contributed by atoms with Gasteiger partial charge in [0.2, 0.25) is 11.8 Å². The van der Waals surface area contributed by atoms with Crippen LogP contribution in [0.1, 0.15) is 0 Å². The molecule has 17 heavy (non-hydrogen) atoms. The molecular weight excluding hydrogens is 220 g/mol. The maximum atomic E-state index is 5.53. The second-order valence-corrected chi connectivity index (χ2v) is 3.27. The van der Waals surface area contributed by atoms with Crippen LogP contribution >= 0.6 is 0 Å². The zero-order chi connectivity index (χ0) is 12.3. The smallest absolute Gasteiger partial charge is 0.226 e. The number of rotatable bonds is 3. The molecule has 0 fully saturated rings. The summed E-state index contributed by atoms with van der Waals surface area (Å²) >= 11 is 0. The lowest BCUT2D eigenvalue weighted by Crippen LogP contribution is -2.00. The van der Waals surface area contributed by atoms with Crippen LogP contribution in [0.5, 0.6) is 17.4 Å². The van der Waals surface area contributed by atoms with Crippen molar-refractivity contribution in [2.45, 2.75) is 0 Å². The zero-order valence-corrected chi connectivity index (χ0v) is 9.25. The molecule has 88 valence electrons. The van der Waals surface area contributed by atoms with Crippen LogP contribution in [0, 0.1) is 0 Å². The maximum Gasteiger partial charge on any atom is 0.226 e. The average molecular weight is 232 g/mol. The van der Waals surface area contributed by atoms with E-state index in [1.807, 2.05) is 0 Å². The Hall–Kier alpha value is -2.50. The summed E-state index contributed by atoms with van der Waals surface area (Å²) in [7, 11) is 1.60. The van der Waals surface area contributed by atoms with Crippen LogP contribution in [0.2, 0.25) is 0 Å². The number of hydrogen-bond donors (Lipinski definition) is 2. The number of methoxy groups -OCH3 is 1. The van der Waals surface area contributed by atoms with Crippen molar-refractivity contribution in [2.75, 3.05) is 18.6 Å². The lowest BCUT2D eigenvalue weighted by Gasteiger charge is -2.06. The first-order valence-electron chi connectivity index (χ1n) is 4.89. The summed E-state index contributed by atoms with van der Waals surface area (Å²) < 4.78 is 10.5. The van der Waals surface area contributed by atoms with E-state index in [-0.39, 0.29) is 11.8 Å². The summed E-state index contributed by atoms with van der Waals surface area (Å²) in [5.41, 5.74) is 11.0. The van der Waals surface area contributed by atoms with Crippen LogP contribution in [-0.4, -0.2) is 17.1 Å². The molecule has 0 spiro atoms. The Balaban J connectivity index is 2.19. The number of benzene rings is 1. The van der Waals surface area contributed by atoms with Crippen LogP contribution in [0.4, 0.5) is 11.8 Å². The van der Waals surface area contributed by atoms with Crippen molar-refractivity contribution in [3.05, 3.63) is 30.3 Å². The Bertz CT molecular complexity index is 493. The Labute approximate surface area is 98.2 Å². The first-order chi connectivity index (χ1) is 8.17. The van der Waals surface area contributed by atoms with Gasteiger partial charge in [0.15, 0.2) is 0 Å². The molecule has 1 heterocycles. The van der Waals surface area contributed by atoms with Gasteiger partial charge in [-0.25, -0.2) is 0 Å². The predicted octanol–water partition coefficient (Wildman–Crippen LogP) is 1.44. The largest absolute Gasteiger partial charge is 0.497 e. The normalized spacial score (nSPS) is 9.94. The summed E-state index contributed by atoms with van der Waals surface area (Å²) in [4.78, 5) is 7.65. The lowest BCUT2D eigenvalue weighted by atomic mass is 10.3. The van der Waals surface area contributed by atoms with E-state index in [1.54, 1.807) is 31.4 Å². The predicted molar refractivity (Wildman–Crippen MR) is 63.9 cm³/mol. The number of anilines is 2. The highest BCUT2D eigenvalue weighted by molar-refractivity contribution is 5.41. The zero-order valence-electron chi connectivity index (χ0n) is 9.25. The van der Waals surface area contributed by atoms with E-state index in [1.165, 1.54) is 6.07 Å². The van der Waals surface area contributed by atoms with Crippen molar-refractivity contribution in [2.24, 2.45) is 0 Å². The molecule has 0 saturated carbocycles. The van der Waals surface area contributed by atoms with Gasteiger partial charge in [-0.15, -0.1) is 0 Å². The highest BCUT2D eigenvalue weighted by Crippen LogP contribution is 2.23. The fourth-order valence-electron chi connectivity index (χ4n) is 1.28. The average Bonchev–Trinajstić information content (AvgIpc) is 2.28. The first kappa shape index (κ1) is 11.0. The molecule has 0 aliphatic rings. The molecule has 0 unspecified atom stereocenters. The fourth-order valence-corrected chi connectivity index (χ4v) is 1.28.